The highest BCUT2D eigenvalue weighted by Gasteiger charge is 2.02. The maximum absolute atomic E-state index is 4.56. The Morgan fingerprint density at radius 1 is 1.12 bits per heavy atom. The van der Waals surface area contributed by atoms with E-state index in [1.165, 1.54) is 0 Å². The van der Waals surface area contributed by atoms with E-state index in [0.29, 0.717) is 0 Å². The van der Waals surface area contributed by atoms with E-state index in [2.05, 4.69) is 22.2 Å². The molecule has 3 nitrogen and oxygen atoms in total. The number of aryl methyl sites for hydroxylation is 2. The Bertz CT molecular complexity index is 490. The van der Waals surface area contributed by atoms with Crippen LogP contribution in [0, 0.1) is 13.8 Å². The zero-order chi connectivity index (χ0) is 11.5. The van der Waals surface area contributed by atoms with E-state index in [1.807, 2.05) is 43.6 Å². The quantitative estimate of drug-likeness (QED) is 0.705. The Balaban J connectivity index is 2.39. The second-order valence-corrected chi connectivity index (χ2v) is 3.83. The van der Waals surface area contributed by atoms with E-state index < -0.39 is 0 Å². The molecule has 0 saturated carbocycles. The lowest BCUT2D eigenvalue weighted by Gasteiger charge is -2.04. The van der Waals surface area contributed by atoms with Crippen molar-refractivity contribution < 1.29 is 0 Å². The van der Waals surface area contributed by atoms with Gasteiger partial charge in [-0.15, -0.1) is 0 Å². The smallest absolute Gasteiger partial charge is 0.0859 e. The first-order valence-electron chi connectivity index (χ1n) is 5.30. The molecule has 2 rings (SSSR count). The van der Waals surface area contributed by atoms with Gasteiger partial charge in [0.05, 0.1) is 11.4 Å². The molecule has 0 aliphatic carbocycles. The van der Waals surface area contributed by atoms with E-state index in [4.69, 9.17) is 0 Å². The highest BCUT2D eigenvalue weighted by atomic mass is 15.4. The largest absolute Gasteiger partial charge is 0.255 e. The van der Waals surface area contributed by atoms with Crippen molar-refractivity contribution in [2.24, 2.45) is 5.10 Å². The highest BCUT2D eigenvalue weighted by molar-refractivity contribution is 5.96. The van der Waals surface area contributed by atoms with Crippen LogP contribution < -0.4 is 0 Å². The molecule has 0 fully saturated rings. The predicted molar refractivity (Wildman–Crippen MR) is 65.8 cm³/mol. The van der Waals surface area contributed by atoms with Gasteiger partial charge in [-0.25, -0.2) is 4.68 Å². The number of hydrogen-bond acceptors (Lipinski definition) is 2. The van der Waals surface area contributed by atoms with Crippen LogP contribution in [0.5, 0.6) is 0 Å². The number of pyridine rings is 1. The third-order valence-corrected chi connectivity index (χ3v) is 2.52. The molecular formula is C13H15N3. The van der Waals surface area contributed by atoms with Crippen LogP contribution in [-0.4, -0.2) is 15.4 Å². The van der Waals surface area contributed by atoms with Gasteiger partial charge in [-0.3, -0.25) is 4.98 Å². The number of hydrogen-bond donors (Lipinski definition) is 0. The summed E-state index contributed by atoms with van der Waals surface area (Å²) in [5.74, 6) is 0. The average Bonchev–Trinajstić information content (AvgIpc) is 2.62. The summed E-state index contributed by atoms with van der Waals surface area (Å²) in [6.45, 7) is 6.06. The van der Waals surface area contributed by atoms with Crippen LogP contribution in [0.4, 0.5) is 0 Å². The van der Waals surface area contributed by atoms with Crippen molar-refractivity contribution >= 4 is 5.71 Å². The molecule has 0 aromatic carbocycles. The lowest BCUT2D eigenvalue weighted by Crippen LogP contribution is -2.03. The third-order valence-electron chi connectivity index (χ3n) is 2.52. The molecule has 0 radical (unpaired) electrons. The monoisotopic (exact) mass is 213 g/mol. The molecule has 0 unspecified atom stereocenters. The van der Waals surface area contributed by atoms with Gasteiger partial charge in [-0.2, -0.15) is 5.10 Å². The molecule has 0 spiro atoms. The van der Waals surface area contributed by atoms with Crippen molar-refractivity contribution in [3.8, 4) is 0 Å². The third kappa shape index (κ3) is 2.03. The van der Waals surface area contributed by atoms with Gasteiger partial charge >= 0.3 is 0 Å². The van der Waals surface area contributed by atoms with Crippen molar-refractivity contribution in [1.82, 2.24) is 9.66 Å². The Labute approximate surface area is 95.5 Å². The van der Waals surface area contributed by atoms with Gasteiger partial charge in [0.2, 0.25) is 0 Å². The molecule has 0 N–H and O–H groups in total. The Hall–Kier alpha value is -1.90. The summed E-state index contributed by atoms with van der Waals surface area (Å²) in [6, 6.07) is 9.96. The van der Waals surface area contributed by atoms with Crippen molar-refractivity contribution in [2.75, 3.05) is 0 Å². The summed E-state index contributed by atoms with van der Waals surface area (Å²) in [7, 11) is 0. The molecule has 2 heterocycles. The fourth-order valence-corrected chi connectivity index (χ4v) is 1.60. The molecule has 2 aromatic heterocycles. The first kappa shape index (κ1) is 10.6. The SMILES string of the molecule is C/C(=N\n1c(C)ccc1C)c1ccccn1. The maximum Gasteiger partial charge on any atom is 0.0859 e. The second-order valence-electron chi connectivity index (χ2n) is 3.83. The zero-order valence-corrected chi connectivity index (χ0v) is 9.81. The first-order valence-corrected chi connectivity index (χ1v) is 5.30. The van der Waals surface area contributed by atoms with Crippen LogP contribution in [0.15, 0.2) is 41.6 Å². The van der Waals surface area contributed by atoms with Crippen LogP contribution in [-0.2, 0) is 0 Å². The zero-order valence-electron chi connectivity index (χ0n) is 9.81. The summed E-state index contributed by atoms with van der Waals surface area (Å²) in [5.41, 5.74) is 4.10. The summed E-state index contributed by atoms with van der Waals surface area (Å²) >= 11 is 0. The molecule has 0 bridgehead atoms. The molecule has 82 valence electrons. The van der Waals surface area contributed by atoms with Crippen molar-refractivity contribution in [3.05, 3.63) is 53.6 Å². The first-order chi connectivity index (χ1) is 7.68. The molecule has 0 saturated heterocycles. The van der Waals surface area contributed by atoms with E-state index in [0.717, 1.165) is 22.8 Å². The number of aromatic nitrogens is 2. The van der Waals surface area contributed by atoms with E-state index in [9.17, 15) is 0 Å². The molecule has 3 heteroatoms. The van der Waals surface area contributed by atoms with E-state index >= 15 is 0 Å². The fraction of sp³-hybridized carbons (Fsp3) is 0.231. The lowest BCUT2D eigenvalue weighted by atomic mass is 10.3. The summed E-state index contributed by atoms with van der Waals surface area (Å²) in [4.78, 5) is 4.27. The van der Waals surface area contributed by atoms with Gasteiger partial charge in [0.15, 0.2) is 0 Å². The van der Waals surface area contributed by atoms with Gasteiger partial charge in [0.25, 0.3) is 0 Å². The Kier molecular flexibility index (Phi) is 2.86. The normalized spacial score (nSPS) is 11.8. The summed E-state index contributed by atoms with van der Waals surface area (Å²) < 4.78 is 1.93. The van der Waals surface area contributed by atoms with E-state index in [-0.39, 0.29) is 0 Å². The molecule has 0 aliphatic heterocycles. The van der Waals surface area contributed by atoms with Crippen molar-refractivity contribution in [3.63, 3.8) is 0 Å². The minimum atomic E-state index is 0.912. The molecular weight excluding hydrogens is 198 g/mol. The van der Waals surface area contributed by atoms with Crippen LogP contribution in [0.1, 0.15) is 24.0 Å². The standard InChI is InChI=1S/C13H15N3/c1-10-7-8-11(2)16(10)15-12(3)13-6-4-5-9-14-13/h4-9H,1-3H3/b15-12+. The minimum Gasteiger partial charge on any atom is -0.255 e. The minimum absolute atomic E-state index is 0.912. The summed E-state index contributed by atoms with van der Waals surface area (Å²) in [6.07, 6.45) is 1.78. The number of rotatable bonds is 2. The van der Waals surface area contributed by atoms with Crippen molar-refractivity contribution in [1.29, 1.82) is 0 Å². The molecule has 0 amide bonds. The molecule has 2 aromatic rings. The van der Waals surface area contributed by atoms with Crippen LogP contribution in [0.3, 0.4) is 0 Å². The van der Waals surface area contributed by atoms with E-state index in [1.54, 1.807) is 6.20 Å². The lowest BCUT2D eigenvalue weighted by molar-refractivity contribution is 0.811. The predicted octanol–water partition coefficient (Wildman–Crippen LogP) is 2.77. The molecule has 16 heavy (non-hydrogen) atoms. The second kappa shape index (κ2) is 4.31. The Morgan fingerprint density at radius 2 is 1.81 bits per heavy atom. The fourth-order valence-electron chi connectivity index (χ4n) is 1.60. The van der Waals surface area contributed by atoms with Gasteiger partial charge in [-0.1, -0.05) is 6.07 Å². The van der Waals surface area contributed by atoms with Gasteiger partial charge in [-0.05, 0) is 45.0 Å². The van der Waals surface area contributed by atoms with Crippen LogP contribution >= 0.6 is 0 Å². The highest BCUT2D eigenvalue weighted by Crippen LogP contribution is 2.08. The van der Waals surface area contributed by atoms with Gasteiger partial charge in [0, 0.05) is 17.6 Å². The summed E-state index contributed by atoms with van der Waals surface area (Å²) in [5, 5.41) is 4.56. The van der Waals surface area contributed by atoms with Gasteiger partial charge in [0.1, 0.15) is 0 Å². The number of nitrogens with zero attached hydrogens (tertiary/aromatic N) is 3. The van der Waals surface area contributed by atoms with Gasteiger partial charge < -0.3 is 0 Å². The maximum atomic E-state index is 4.56. The topological polar surface area (TPSA) is 30.2 Å². The van der Waals surface area contributed by atoms with Crippen molar-refractivity contribution in [2.45, 2.75) is 20.8 Å². The molecule has 0 aliphatic rings. The van der Waals surface area contributed by atoms with Crippen LogP contribution in [0.25, 0.3) is 0 Å². The Morgan fingerprint density at radius 3 is 2.38 bits per heavy atom. The van der Waals surface area contributed by atoms with Crippen LogP contribution in [0.2, 0.25) is 0 Å². The average molecular weight is 213 g/mol. The molecule has 0 atom stereocenters.